The molecule has 2 amide bonds. The van der Waals surface area contributed by atoms with Crippen LogP contribution in [-0.4, -0.2) is 31.7 Å². The van der Waals surface area contributed by atoms with Crippen LogP contribution in [0.15, 0.2) is 53.6 Å². The highest BCUT2D eigenvalue weighted by atomic mass is 16.5. The van der Waals surface area contributed by atoms with Gasteiger partial charge in [0, 0.05) is 5.69 Å². The molecule has 25 heavy (non-hydrogen) atoms. The summed E-state index contributed by atoms with van der Waals surface area (Å²) in [5.74, 6) is -0.267. The second-order valence-corrected chi connectivity index (χ2v) is 4.88. The fourth-order valence-corrected chi connectivity index (χ4v) is 1.90. The molecule has 0 unspecified atom stereocenters. The number of benzene rings is 2. The van der Waals surface area contributed by atoms with Gasteiger partial charge in [0.1, 0.15) is 11.5 Å². The minimum atomic E-state index is -0.863. The van der Waals surface area contributed by atoms with Crippen molar-refractivity contribution in [2.24, 2.45) is 5.10 Å². The van der Waals surface area contributed by atoms with Crippen LogP contribution in [0.1, 0.15) is 12.5 Å². The highest BCUT2D eigenvalue weighted by Gasteiger charge is 2.12. The van der Waals surface area contributed by atoms with Crippen molar-refractivity contribution in [1.29, 1.82) is 0 Å². The maximum atomic E-state index is 11.8. The Balaban J connectivity index is 1.84. The fourth-order valence-electron chi connectivity index (χ4n) is 1.90. The summed E-state index contributed by atoms with van der Waals surface area (Å²) in [6.45, 7) is 2.49. The first-order valence-electron chi connectivity index (χ1n) is 7.63. The number of anilines is 1. The third kappa shape index (κ3) is 5.65. The van der Waals surface area contributed by atoms with Crippen LogP contribution in [0.5, 0.6) is 11.5 Å². The zero-order valence-electron chi connectivity index (χ0n) is 14.0. The van der Waals surface area contributed by atoms with Gasteiger partial charge < -0.3 is 14.8 Å². The van der Waals surface area contributed by atoms with Crippen molar-refractivity contribution in [3.05, 3.63) is 54.1 Å². The second-order valence-electron chi connectivity index (χ2n) is 4.88. The fraction of sp³-hybridized carbons (Fsp3) is 0.167. The van der Waals surface area contributed by atoms with Gasteiger partial charge in [0.15, 0.2) is 0 Å². The molecule has 0 saturated carbocycles. The summed E-state index contributed by atoms with van der Waals surface area (Å²) in [5, 5.41) is 6.23. The van der Waals surface area contributed by atoms with E-state index in [1.165, 1.54) is 6.21 Å². The van der Waals surface area contributed by atoms with Gasteiger partial charge in [-0.1, -0.05) is 0 Å². The van der Waals surface area contributed by atoms with E-state index in [4.69, 9.17) is 9.47 Å². The zero-order valence-corrected chi connectivity index (χ0v) is 14.0. The van der Waals surface area contributed by atoms with Crippen LogP contribution in [0.2, 0.25) is 0 Å². The molecule has 130 valence electrons. The molecule has 0 saturated heterocycles. The second kappa shape index (κ2) is 9.07. The van der Waals surface area contributed by atoms with Crippen molar-refractivity contribution < 1.29 is 19.1 Å². The lowest BCUT2D eigenvalue weighted by atomic mass is 10.2. The van der Waals surface area contributed by atoms with E-state index in [0.717, 1.165) is 11.3 Å². The topological polar surface area (TPSA) is 89.0 Å². The third-order valence-electron chi connectivity index (χ3n) is 3.12. The first kappa shape index (κ1) is 18.0. The Hall–Kier alpha value is -3.35. The van der Waals surface area contributed by atoms with Crippen LogP contribution in [0.3, 0.4) is 0 Å². The number of carbonyl (C=O) groups excluding carboxylic acids is 2. The molecule has 7 heteroatoms. The van der Waals surface area contributed by atoms with E-state index < -0.39 is 11.8 Å². The predicted molar refractivity (Wildman–Crippen MR) is 95.0 cm³/mol. The first-order valence-corrected chi connectivity index (χ1v) is 7.63. The number of hydrazone groups is 1. The zero-order chi connectivity index (χ0) is 18.1. The minimum Gasteiger partial charge on any atom is -0.497 e. The van der Waals surface area contributed by atoms with Crippen molar-refractivity contribution in [3.63, 3.8) is 0 Å². The van der Waals surface area contributed by atoms with E-state index in [1.807, 2.05) is 6.92 Å². The Morgan fingerprint density at radius 1 is 1.00 bits per heavy atom. The van der Waals surface area contributed by atoms with E-state index in [2.05, 4.69) is 15.8 Å². The van der Waals surface area contributed by atoms with Gasteiger partial charge in [-0.25, -0.2) is 5.43 Å². The van der Waals surface area contributed by atoms with Crippen LogP contribution < -0.4 is 20.2 Å². The van der Waals surface area contributed by atoms with Crippen molar-refractivity contribution in [2.45, 2.75) is 6.92 Å². The van der Waals surface area contributed by atoms with Gasteiger partial charge in [0.25, 0.3) is 0 Å². The third-order valence-corrected chi connectivity index (χ3v) is 3.12. The maximum absolute atomic E-state index is 11.8. The number of amides is 2. The lowest BCUT2D eigenvalue weighted by Gasteiger charge is -2.05. The van der Waals surface area contributed by atoms with Crippen LogP contribution in [0.25, 0.3) is 0 Å². The number of hydrogen-bond donors (Lipinski definition) is 2. The highest BCUT2D eigenvalue weighted by Crippen LogP contribution is 2.14. The molecule has 7 nitrogen and oxygen atoms in total. The molecule has 0 spiro atoms. The van der Waals surface area contributed by atoms with E-state index in [-0.39, 0.29) is 0 Å². The number of nitrogens with zero attached hydrogens (tertiary/aromatic N) is 1. The first-order chi connectivity index (χ1) is 12.1. The Bertz CT molecular complexity index is 740. The largest absolute Gasteiger partial charge is 0.497 e. The molecule has 0 heterocycles. The molecule has 2 rings (SSSR count). The quantitative estimate of drug-likeness (QED) is 0.479. The van der Waals surface area contributed by atoms with Crippen LogP contribution in [0.4, 0.5) is 5.69 Å². The maximum Gasteiger partial charge on any atom is 0.329 e. The average Bonchev–Trinajstić information content (AvgIpc) is 2.64. The molecule has 2 N–H and O–H groups in total. The summed E-state index contributed by atoms with van der Waals surface area (Å²) in [6, 6.07) is 13.8. The van der Waals surface area contributed by atoms with Crippen molar-refractivity contribution in [3.8, 4) is 11.5 Å². The molecule has 0 aromatic heterocycles. The molecular formula is C18H19N3O4. The lowest BCUT2D eigenvalue weighted by Crippen LogP contribution is -2.32. The molecule has 0 aliphatic heterocycles. The van der Waals surface area contributed by atoms with E-state index in [1.54, 1.807) is 55.6 Å². The lowest BCUT2D eigenvalue weighted by molar-refractivity contribution is -0.136. The van der Waals surface area contributed by atoms with E-state index >= 15 is 0 Å². The minimum absolute atomic E-state index is 0.483. The van der Waals surface area contributed by atoms with Gasteiger partial charge in [0.05, 0.1) is 19.9 Å². The Morgan fingerprint density at radius 2 is 1.64 bits per heavy atom. The Morgan fingerprint density at radius 3 is 2.24 bits per heavy atom. The highest BCUT2D eigenvalue weighted by molar-refractivity contribution is 6.39. The molecule has 0 fully saturated rings. The summed E-state index contributed by atoms with van der Waals surface area (Å²) in [7, 11) is 1.55. The van der Waals surface area contributed by atoms with Gasteiger partial charge in [-0.05, 0) is 61.0 Å². The van der Waals surface area contributed by atoms with Crippen LogP contribution in [-0.2, 0) is 9.59 Å². The summed E-state index contributed by atoms with van der Waals surface area (Å²) in [6.07, 6.45) is 1.44. The van der Waals surface area contributed by atoms with Gasteiger partial charge in [-0.3, -0.25) is 9.59 Å². The summed E-state index contributed by atoms with van der Waals surface area (Å²) in [5.41, 5.74) is 3.42. The number of rotatable bonds is 6. The van der Waals surface area contributed by atoms with Crippen molar-refractivity contribution in [2.75, 3.05) is 19.0 Å². The van der Waals surface area contributed by atoms with Gasteiger partial charge in [-0.15, -0.1) is 0 Å². The summed E-state index contributed by atoms with van der Waals surface area (Å²) >= 11 is 0. The molecule has 0 aliphatic carbocycles. The Kier molecular flexibility index (Phi) is 6.53. The average molecular weight is 341 g/mol. The molecule has 0 atom stereocenters. The molecular weight excluding hydrogens is 322 g/mol. The molecule has 0 aliphatic rings. The predicted octanol–water partition coefficient (Wildman–Crippen LogP) is 2.18. The normalized spacial score (nSPS) is 10.3. The smallest absolute Gasteiger partial charge is 0.329 e. The number of ether oxygens (including phenoxy) is 2. The van der Waals surface area contributed by atoms with Crippen LogP contribution in [0, 0.1) is 0 Å². The van der Waals surface area contributed by atoms with Crippen molar-refractivity contribution in [1.82, 2.24) is 5.43 Å². The van der Waals surface area contributed by atoms with Crippen molar-refractivity contribution >= 4 is 23.7 Å². The standard InChI is InChI=1S/C18H19N3O4/c1-3-25-16-8-4-13(5-9-16)12-19-21-18(23)17(22)20-14-6-10-15(24-2)11-7-14/h4-12H,3H2,1-2H3,(H,20,22)(H,21,23). The number of carbonyl (C=O) groups is 2. The van der Waals surface area contributed by atoms with E-state index in [9.17, 15) is 9.59 Å². The SMILES string of the molecule is CCOc1ccc(C=NNC(=O)C(=O)Nc2ccc(OC)cc2)cc1. The molecule has 0 radical (unpaired) electrons. The summed E-state index contributed by atoms with van der Waals surface area (Å²) in [4.78, 5) is 23.5. The van der Waals surface area contributed by atoms with Crippen LogP contribution >= 0.6 is 0 Å². The summed E-state index contributed by atoms with van der Waals surface area (Å²) < 4.78 is 10.3. The molecule has 0 bridgehead atoms. The number of methoxy groups -OCH3 is 1. The van der Waals surface area contributed by atoms with Gasteiger partial charge >= 0.3 is 11.8 Å². The molecule has 2 aromatic rings. The number of hydrogen-bond acceptors (Lipinski definition) is 5. The molecule has 2 aromatic carbocycles. The van der Waals surface area contributed by atoms with E-state index in [0.29, 0.717) is 18.0 Å². The van der Waals surface area contributed by atoms with Gasteiger partial charge in [-0.2, -0.15) is 5.10 Å². The van der Waals surface area contributed by atoms with Gasteiger partial charge in [0.2, 0.25) is 0 Å². The monoisotopic (exact) mass is 341 g/mol. The Labute approximate surface area is 145 Å². The number of nitrogens with one attached hydrogen (secondary N) is 2.